The molecule has 6 heteroatoms. The summed E-state index contributed by atoms with van der Waals surface area (Å²) in [6.07, 6.45) is 4.36. The molecule has 0 radical (unpaired) electrons. The molecule has 3 N–H and O–H groups in total. The summed E-state index contributed by atoms with van der Waals surface area (Å²) in [6.45, 7) is 2.60. The van der Waals surface area contributed by atoms with Crippen molar-refractivity contribution in [1.29, 1.82) is 0 Å². The Hall–Kier alpha value is -1.30. The molecule has 1 atom stereocenters. The van der Waals surface area contributed by atoms with Crippen LogP contribution in [0.1, 0.15) is 39.0 Å². The monoisotopic (exact) mass is 269 g/mol. The number of nitrogens with one attached hydrogen (secondary N) is 2. The van der Waals surface area contributed by atoms with E-state index in [-0.39, 0.29) is 12.1 Å². The summed E-state index contributed by atoms with van der Waals surface area (Å²) in [5.74, 6) is -0.933. The number of rotatable bonds is 6. The van der Waals surface area contributed by atoms with Crippen molar-refractivity contribution in [3.05, 3.63) is 0 Å². The molecule has 2 aliphatic carbocycles. The van der Waals surface area contributed by atoms with Crippen LogP contribution in [0.5, 0.6) is 0 Å². The van der Waals surface area contributed by atoms with Gasteiger partial charge < -0.3 is 15.7 Å². The van der Waals surface area contributed by atoms with E-state index < -0.39 is 11.5 Å². The normalized spacial score (nSPS) is 22.5. The van der Waals surface area contributed by atoms with Crippen molar-refractivity contribution in [2.45, 2.75) is 56.7 Å². The fraction of sp³-hybridized carbons (Fsp3) is 0.846. The van der Waals surface area contributed by atoms with Gasteiger partial charge in [-0.15, -0.1) is 0 Å². The molecule has 2 aliphatic rings. The minimum Gasteiger partial charge on any atom is -0.480 e. The summed E-state index contributed by atoms with van der Waals surface area (Å²) in [5, 5.41) is 14.5. The molecule has 1 unspecified atom stereocenters. The zero-order chi connectivity index (χ0) is 14.0. The molecule has 2 rings (SSSR count). The lowest BCUT2D eigenvalue weighted by molar-refractivity contribution is -0.148. The summed E-state index contributed by atoms with van der Waals surface area (Å²) in [7, 11) is 2.06. The summed E-state index contributed by atoms with van der Waals surface area (Å²) in [5.41, 5.74) is -1.03. The maximum Gasteiger partial charge on any atom is 0.329 e. The van der Waals surface area contributed by atoms with Crippen LogP contribution < -0.4 is 10.6 Å². The number of likely N-dealkylation sites (N-methyl/N-ethyl adjacent to an activating group) is 1. The number of amides is 2. The van der Waals surface area contributed by atoms with Crippen LogP contribution in [0.4, 0.5) is 4.79 Å². The van der Waals surface area contributed by atoms with Crippen LogP contribution in [0.3, 0.4) is 0 Å². The number of carboxylic acids is 1. The highest BCUT2D eigenvalue weighted by Gasteiger charge is 2.45. The predicted octanol–water partition coefficient (Wildman–Crippen LogP) is 0.776. The second-order valence-electron chi connectivity index (χ2n) is 5.82. The summed E-state index contributed by atoms with van der Waals surface area (Å²) in [6, 6.07) is 0.537. The van der Waals surface area contributed by atoms with Gasteiger partial charge in [0.05, 0.1) is 0 Å². The zero-order valence-corrected chi connectivity index (χ0v) is 11.6. The van der Waals surface area contributed by atoms with Gasteiger partial charge in [-0.3, -0.25) is 4.90 Å². The first kappa shape index (κ1) is 14.1. The fourth-order valence-electron chi connectivity index (χ4n) is 2.41. The van der Waals surface area contributed by atoms with E-state index in [0.717, 1.165) is 6.42 Å². The number of aliphatic carboxylic acids is 1. The molecule has 0 heterocycles. The molecule has 0 aromatic heterocycles. The molecule has 6 nitrogen and oxygen atoms in total. The van der Waals surface area contributed by atoms with E-state index in [0.29, 0.717) is 25.4 Å². The predicted molar refractivity (Wildman–Crippen MR) is 71.0 cm³/mol. The first-order chi connectivity index (χ1) is 8.94. The molecule has 0 saturated heterocycles. The lowest BCUT2D eigenvalue weighted by Crippen LogP contribution is -2.61. The molecule has 2 amide bonds. The van der Waals surface area contributed by atoms with E-state index in [1.807, 2.05) is 0 Å². The van der Waals surface area contributed by atoms with E-state index in [9.17, 15) is 9.59 Å². The molecule has 108 valence electrons. The van der Waals surface area contributed by atoms with Crippen molar-refractivity contribution in [3.63, 3.8) is 0 Å². The number of hydrogen-bond donors (Lipinski definition) is 3. The smallest absolute Gasteiger partial charge is 0.329 e. The standard InChI is InChI=1S/C13H23N3O3/c1-9(16(2)10-4-5-10)8-14-12(19)15-13(11(17)18)6-3-7-13/h9-10H,3-8H2,1-2H3,(H,17,18)(H2,14,15,19). The van der Waals surface area contributed by atoms with Crippen LogP contribution in [0.25, 0.3) is 0 Å². The van der Waals surface area contributed by atoms with Crippen molar-refractivity contribution in [1.82, 2.24) is 15.5 Å². The van der Waals surface area contributed by atoms with Gasteiger partial charge in [-0.2, -0.15) is 0 Å². The summed E-state index contributed by atoms with van der Waals surface area (Å²) in [4.78, 5) is 25.2. The Morgan fingerprint density at radius 2 is 2.05 bits per heavy atom. The highest BCUT2D eigenvalue weighted by Crippen LogP contribution is 2.31. The average molecular weight is 269 g/mol. The van der Waals surface area contributed by atoms with Crippen LogP contribution in [0.2, 0.25) is 0 Å². The fourth-order valence-corrected chi connectivity index (χ4v) is 2.41. The van der Waals surface area contributed by atoms with E-state index in [2.05, 4.69) is 29.5 Å². The minimum atomic E-state index is -1.03. The number of nitrogens with zero attached hydrogens (tertiary/aromatic N) is 1. The second kappa shape index (κ2) is 5.36. The van der Waals surface area contributed by atoms with E-state index in [1.54, 1.807) is 0 Å². The van der Waals surface area contributed by atoms with Crippen LogP contribution in [-0.4, -0.2) is 53.2 Å². The first-order valence-electron chi connectivity index (χ1n) is 6.96. The number of hydrogen-bond acceptors (Lipinski definition) is 3. The number of urea groups is 1. The lowest BCUT2D eigenvalue weighted by Gasteiger charge is -2.38. The molecule has 0 aromatic rings. The third kappa shape index (κ3) is 3.18. The topological polar surface area (TPSA) is 81.7 Å². The zero-order valence-electron chi connectivity index (χ0n) is 11.6. The van der Waals surface area contributed by atoms with Gasteiger partial charge in [-0.25, -0.2) is 9.59 Å². The average Bonchev–Trinajstić information content (AvgIpc) is 3.13. The van der Waals surface area contributed by atoms with Gasteiger partial charge in [-0.05, 0) is 46.1 Å². The largest absolute Gasteiger partial charge is 0.480 e. The molecule has 2 saturated carbocycles. The Morgan fingerprint density at radius 1 is 1.42 bits per heavy atom. The van der Waals surface area contributed by atoms with Gasteiger partial charge in [-0.1, -0.05) is 0 Å². The van der Waals surface area contributed by atoms with Crippen molar-refractivity contribution in [3.8, 4) is 0 Å². The molecule has 2 fully saturated rings. The van der Waals surface area contributed by atoms with E-state index in [4.69, 9.17) is 5.11 Å². The van der Waals surface area contributed by atoms with Crippen molar-refractivity contribution in [2.24, 2.45) is 0 Å². The van der Waals surface area contributed by atoms with E-state index in [1.165, 1.54) is 12.8 Å². The van der Waals surface area contributed by atoms with Gasteiger partial charge in [0.15, 0.2) is 0 Å². The second-order valence-corrected chi connectivity index (χ2v) is 5.82. The molecule has 0 spiro atoms. The number of carbonyl (C=O) groups excluding carboxylic acids is 1. The van der Waals surface area contributed by atoms with Crippen LogP contribution in [0, 0.1) is 0 Å². The Kier molecular flexibility index (Phi) is 3.99. The Bertz CT molecular complexity index is 364. The van der Waals surface area contributed by atoms with Crippen LogP contribution in [-0.2, 0) is 4.79 Å². The quantitative estimate of drug-likeness (QED) is 0.665. The molecule has 0 bridgehead atoms. The SMILES string of the molecule is CC(CNC(=O)NC1(C(=O)O)CCC1)N(C)C1CC1. The van der Waals surface area contributed by atoms with Crippen molar-refractivity contribution >= 4 is 12.0 Å². The van der Waals surface area contributed by atoms with Gasteiger partial charge in [0.2, 0.25) is 0 Å². The Morgan fingerprint density at radius 3 is 2.47 bits per heavy atom. The maximum absolute atomic E-state index is 11.8. The highest BCUT2D eigenvalue weighted by atomic mass is 16.4. The molecule has 0 aromatic carbocycles. The summed E-state index contributed by atoms with van der Waals surface area (Å²) >= 11 is 0. The lowest BCUT2D eigenvalue weighted by atomic mass is 9.77. The molecular formula is C13H23N3O3. The number of carbonyl (C=O) groups is 2. The molecular weight excluding hydrogens is 246 g/mol. The maximum atomic E-state index is 11.8. The molecule has 19 heavy (non-hydrogen) atoms. The van der Waals surface area contributed by atoms with Gasteiger partial charge in [0.1, 0.15) is 5.54 Å². The minimum absolute atomic E-state index is 0.264. The van der Waals surface area contributed by atoms with E-state index >= 15 is 0 Å². The third-order valence-electron chi connectivity index (χ3n) is 4.35. The Labute approximate surface area is 113 Å². The molecule has 0 aliphatic heterocycles. The third-order valence-corrected chi connectivity index (χ3v) is 4.35. The van der Waals surface area contributed by atoms with Gasteiger partial charge in [0.25, 0.3) is 0 Å². The summed E-state index contributed by atoms with van der Waals surface area (Å²) < 4.78 is 0. The van der Waals surface area contributed by atoms with Crippen LogP contribution >= 0.6 is 0 Å². The van der Waals surface area contributed by atoms with Gasteiger partial charge in [0, 0.05) is 18.6 Å². The Balaban J connectivity index is 1.73. The van der Waals surface area contributed by atoms with Gasteiger partial charge >= 0.3 is 12.0 Å². The van der Waals surface area contributed by atoms with Crippen molar-refractivity contribution < 1.29 is 14.7 Å². The number of carboxylic acid groups (broad SMARTS) is 1. The highest BCUT2D eigenvalue weighted by molar-refractivity contribution is 5.87. The van der Waals surface area contributed by atoms with Crippen LogP contribution in [0.15, 0.2) is 0 Å². The van der Waals surface area contributed by atoms with Crippen molar-refractivity contribution in [2.75, 3.05) is 13.6 Å². The first-order valence-corrected chi connectivity index (χ1v) is 6.96.